The number of nitrogens with one attached hydrogen (secondary N) is 1. The Morgan fingerprint density at radius 2 is 2.24 bits per heavy atom. The Balaban J connectivity index is 1.92. The molecule has 1 amide bonds. The summed E-state index contributed by atoms with van der Waals surface area (Å²) in [6.45, 7) is 3.63. The summed E-state index contributed by atoms with van der Waals surface area (Å²) in [5, 5.41) is 3.01. The summed E-state index contributed by atoms with van der Waals surface area (Å²) in [6, 6.07) is 1.82. The highest BCUT2D eigenvalue weighted by molar-refractivity contribution is 9.10. The van der Waals surface area contributed by atoms with Crippen molar-refractivity contribution in [1.82, 2.24) is 5.32 Å². The molecule has 0 bridgehead atoms. The number of furan rings is 1. The first-order chi connectivity index (χ1) is 8.18. The molecule has 0 aromatic carbocycles. The zero-order valence-electron chi connectivity index (χ0n) is 9.74. The molecule has 1 aromatic rings. The minimum atomic E-state index is -0.0929. The van der Waals surface area contributed by atoms with Crippen LogP contribution < -0.4 is 5.32 Å². The molecule has 4 nitrogen and oxygen atoms in total. The van der Waals surface area contributed by atoms with Crippen LogP contribution in [0.25, 0.3) is 0 Å². The summed E-state index contributed by atoms with van der Waals surface area (Å²) < 4.78 is 10.8. The van der Waals surface area contributed by atoms with Gasteiger partial charge in [-0.3, -0.25) is 4.79 Å². The Labute approximate surface area is 109 Å². The van der Waals surface area contributed by atoms with Crippen molar-refractivity contribution in [3.63, 3.8) is 0 Å². The third-order valence-corrected chi connectivity index (χ3v) is 3.81. The maximum atomic E-state index is 11.9. The molecule has 1 atom stereocenters. The number of carbonyl (C=O) groups is 1. The molecule has 1 aromatic heterocycles. The molecule has 17 heavy (non-hydrogen) atoms. The van der Waals surface area contributed by atoms with Gasteiger partial charge in [-0.1, -0.05) is 0 Å². The molecule has 1 saturated heterocycles. The van der Waals surface area contributed by atoms with Gasteiger partial charge in [0.25, 0.3) is 5.91 Å². The van der Waals surface area contributed by atoms with E-state index >= 15 is 0 Å². The van der Waals surface area contributed by atoms with Crippen LogP contribution >= 0.6 is 15.9 Å². The maximum Gasteiger partial charge on any atom is 0.255 e. The monoisotopic (exact) mass is 301 g/mol. The second-order valence-electron chi connectivity index (χ2n) is 4.32. The van der Waals surface area contributed by atoms with Crippen molar-refractivity contribution in [3.8, 4) is 0 Å². The highest BCUT2D eigenvalue weighted by atomic mass is 79.9. The standard InChI is InChI=1S/C12H16BrNO3/c1-8(9-2-5-16-6-3-9)14-12(15)10-4-7-17-11(10)13/h4,7-9H,2-3,5-6H2,1H3,(H,14,15). The molecule has 1 aliphatic heterocycles. The molecule has 0 spiro atoms. The highest BCUT2D eigenvalue weighted by Gasteiger charge is 2.23. The van der Waals surface area contributed by atoms with Crippen LogP contribution in [0.15, 0.2) is 21.4 Å². The molecule has 94 valence electrons. The van der Waals surface area contributed by atoms with Crippen molar-refractivity contribution >= 4 is 21.8 Å². The molecule has 1 N–H and O–H groups in total. The largest absolute Gasteiger partial charge is 0.457 e. The quantitative estimate of drug-likeness (QED) is 0.933. The van der Waals surface area contributed by atoms with Gasteiger partial charge in [0.05, 0.1) is 11.8 Å². The van der Waals surface area contributed by atoms with Crippen LogP contribution in [0.4, 0.5) is 0 Å². The van der Waals surface area contributed by atoms with Crippen LogP contribution in [-0.2, 0) is 4.74 Å². The lowest BCUT2D eigenvalue weighted by atomic mass is 9.93. The van der Waals surface area contributed by atoms with E-state index in [9.17, 15) is 4.79 Å². The van der Waals surface area contributed by atoms with Crippen LogP contribution in [0.5, 0.6) is 0 Å². The van der Waals surface area contributed by atoms with Crippen molar-refractivity contribution in [3.05, 3.63) is 22.6 Å². The Bertz CT molecular complexity index is 385. The number of halogens is 1. The molecule has 2 rings (SSSR count). The predicted octanol–water partition coefficient (Wildman–Crippen LogP) is 2.59. The zero-order valence-corrected chi connectivity index (χ0v) is 11.3. The Morgan fingerprint density at radius 3 is 2.82 bits per heavy atom. The first-order valence-electron chi connectivity index (χ1n) is 5.80. The van der Waals surface area contributed by atoms with E-state index in [0.717, 1.165) is 26.1 Å². The van der Waals surface area contributed by atoms with Crippen molar-refractivity contribution in [2.24, 2.45) is 5.92 Å². The minimum Gasteiger partial charge on any atom is -0.457 e. The fraction of sp³-hybridized carbons (Fsp3) is 0.583. The van der Waals surface area contributed by atoms with Crippen LogP contribution in [-0.4, -0.2) is 25.2 Å². The normalized spacial score (nSPS) is 18.9. The number of rotatable bonds is 3. The molecular formula is C12H16BrNO3. The molecule has 0 aliphatic carbocycles. The zero-order chi connectivity index (χ0) is 12.3. The van der Waals surface area contributed by atoms with E-state index in [0.29, 0.717) is 16.2 Å². The summed E-state index contributed by atoms with van der Waals surface area (Å²) in [5.74, 6) is 0.406. The summed E-state index contributed by atoms with van der Waals surface area (Å²) in [4.78, 5) is 11.9. The van der Waals surface area contributed by atoms with E-state index in [-0.39, 0.29) is 11.9 Å². The predicted molar refractivity (Wildman–Crippen MR) is 66.9 cm³/mol. The Morgan fingerprint density at radius 1 is 1.53 bits per heavy atom. The van der Waals surface area contributed by atoms with E-state index in [2.05, 4.69) is 21.2 Å². The smallest absolute Gasteiger partial charge is 0.255 e. The number of ether oxygens (including phenoxy) is 1. The van der Waals surface area contributed by atoms with Gasteiger partial charge in [-0.25, -0.2) is 0 Å². The van der Waals surface area contributed by atoms with Crippen molar-refractivity contribution in [2.45, 2.75) is 25.8 Å². The lowest BCUT2D eigenvalue weighted by molar-refractivity contribution is 0.0538. The first-order valence-corrected chi connectivity index (χ1v) is 6.59. The van der Waals surface area contributed by atoms with Crippen molar-refractivity contribution in [2.75, 3.05) is 13.2 Å². The molecular weight excluding hydrogens is 286 g/mol. The van der Waals surface area contributed by atoms with Gasteiger partial charge in [0.15, 0.2) is 4.67 Å². The van der Waals surface area contributed by atoms with E-state index in [4.69, 9.17) is 9.15 Å². The second-order valence-corrected chi connectivity index (χ2v) is 5.04. The third kappa shape index (κ3) is 3.10. The molecule has 2 heterocycles. The summed E-state index contributed by atoms with van der Waals surface area (Å²) in [7, 11) is 0. The second kappa shape index (κ2) is 5.69. The van der Waals surface area contributed by atoms with E-state index in [1.165, 1.54) is 6.26 Å². The lowest BCUT2D eigenvalue weighted by Gasteiger charge is -2.28. The molecule has 0 radical (unpaired) electrons. The number of carbonyl (C=O) groups excluding carboxylic acids is 1. The van der Waals surface area contributed by atoms with Crippen LogP contribution in [0.3, 0.4) is 0 Å². The first kappa shape index (κ1) is 12.6. The van der Waals surface area contributed by atoms with Crippen molar-refractivity contribution < 1.29 is 13.9 Å². The van der Waals surface area contributed by atoms with Gasteiger partial charge in [-0.15, -0.1) is 0 Å². The Kier molecular flexibility index (Phi) is 4.23. The van der Waals surface area contributed by atoms with Gasteiger partial charge in [-0.05, 0) is 47.7 Å². The SMILES string of the molecule is CC(NC(=O)c1ccoc1Br)C1CCOCC1. The van der Waals surface area contributed by atoms with E-state index in [1.54, 1.807) is 6.07 Å². The summed E-state index contributed by atoms with van der Waals surface area (Å²) in [6.07, 6.45) is 3.51. The molecule has 5 heteroatoms. The fourth-order valence-corrected chi connectivity index (χ4v) is 2.49. The third-order valence-electron chi connectivity index (χ3n) is 3.19. The average molecular weight is 302 g/mol. The summed E-state index contributed by atoms with van der Waals surface area (Å²) >= 11 is 3.21. The lowest BCUT2D eigenvalue weighted by Crippen LogP contribution is -2.40. The highest BCUT2D eigenvalue weighted by Crippen LogP contribution is 2.21. The van der Waals surface area contributed by atoms with E-state index in [1.807, 2.05) is 6.92 Å². The molecule has 1 unspecified atom stereocenters. The van der Waals surface area contributed by atoms with Crippen LogP contribution in [0.1, 0.15) is 30.1 Å². The van der Waals surface area contributed by atoms with E-state index < -0.39 is 0 Å². The minimum absolute atomic E-state index is 0.0929. The van der Waals surface area contributed by atoms with Crippen LogP contribution in [0.2, 0.25) is 0 Å². The maximum absolute atomic E-state index is 11.9. The molecule has 0 saturated carbocycles. The number of hydrogen-bond donors (Lipinski definition) is 1. The molecule has 1 aliphatic rings. The van der Waals surface area contributed by atoms with Gasteiger partial charge in [-0.2, -0.15) is 0 Å². The van der Waals surface area contributed by atoms with Gasteiger partial charge in [0.2, 0.25) is 0 Å². The summed E-state index contributed by atoms with van der Waals surface area (Å²) in [5.41, 5.74) is 0.545. The average Bonchev–Trinajstić information content (AvgIpc) is 2.76. The number of hydrogen-bond acceptors (Lipinski definition) is 3. The van der Waals surface area contributed by atoms with Gasteiger partial charge in [0, 0.05) is 19.3 Å². The number of amides is 1. The topological polar surface area (TPSA) is 51.5 Å². The molecule has 1 fully saturated rings. The Hall–Kier alpha value is -0.810. The van der Waals surface area contributed by atoms with Gasteiger partial charge >= 0.3 is 0 Å². The van der Waals surface area contributed by atoms with Gasteiger partial charge in [0.1, 0.15) is 0 Å². The van der Waals surface area contributed by atoms with Gasteiger partial charge < -0.3 is 14.5 Å². The fourth-order valence-electron chi connectivity index (χ4n) is 2.07. The van der Waals surface area contributed by atoms with Crippen LogP contribution in [0, 0.1) is 5.92 Å². The van der Waals surface area contributed by atoms with Crippen molar-refractivity contribution in [1.29, 1.82) is 0 Å².